The minimum atomic E-state index is -3.92. The van der Waals surface area contributed by atoms with Gasteiger partial charge in [0.25, 0.3) is 5.91 Å². The van der Waals surface area contributed by atoms with Gasteiger partial charge in [-0.05, 0) is 97.8 Å². The van der Waals surface area contributed by atoms with Gasteiger partial charge in [-0.15, -0.1) is 6.58 Å². The molecule has 3 aromatic carbocycles. The van der Waals surface area contributed by atoms with Gasteiger partial charge in [-0.1, -0.05) is 50.1 Å². The Labute approximate surface area is 308 Å². The second kappa shape index (κ2) is 13.2. The van der Waals surface area contributed by atoms with Crippen LogP contribution in [-0.2, 0) is 37.4 Å². The average molecular weight is 749 g/mol. The second-order valence-electron chi connectivity index (χ2n) is 14.8. The molecule has 1 aliphatic heterocycles. The van der Waals surface area contributed by atoms with Gasteiger partial charge in [0.1, 0.15) is 34.4 Å². The Kier molecular flexibility index (Phi) is 9.14. The molecule has 3 N–H and O–H groups in total. The third kappa shape index (κ3) is 6.44. The molecular weight excluding hydrogens is 707 g/mol. The predicted octanol–water partition coefficient (Wildman–Crippen LogP) is 6.26. The third-order valence-electron chi connectivity index (χ3n) is 11.6. The number of amides is 3. The Hall–Kier alpha value is -4.42. The molecule has 1 heterocycles. The Bertz CT molecular complexity index is 2060. The van der Waals surface area contributed by atoms with Crippen LogP contribution in [0.15, 0.2) is 79.4 Å². The first-order chi connectivity index (χ1) is 24.7. The van der Waals surface area contributed by atoms with Crippen LogP contribution < -0.4 is 20.1 Å². The number of hydrogen-bond acceptors (Lipinski definition) is 7. The first kappa shape index (κ1) is 36.0. The van der Waals surface area contributed by atoms with E-state index in [1.54, 1.807) is 47.4 Å². The number of ether oxygens (including phenoxy) is 1. The van der Waals surface area contributed by atoms with Gasteiger partial charge in [0, 0.05) is 35.0 Å². The van der Waals surface area contributed by atoms with Crippen molar-refractivity contribution in [2.45, 2.75) is 87.7 Å². The molecule has 3 amide bonds. The molecule has 0 radical (unpaired) electrons. The molecule has 0 spiro atoms. The van der Waals surface area contributed by atoms with Crippen LogP contribution in [0.5, 0.6) is 11.5 Å². The highest BCUT2D eigenvalue weighted by Gasteiger charge is 2.70. The molecule has 5 unspecified atom stereocenters. The van der Waals surface area contributed by atoms with E-state index in [0.29, 0.717) is 47.9 Å². The van der Waals surface area contributed by atoms with Gasteiger partial charge < -0.3 is 20.3 Å². The van der Waals surface area contributed by atoms with Crippen molar-refractivity contribution < 1.29 is 31.9 Å². The summed E-state index contributed by atoms with van der Waals surface area (Å²) in [4.78, 5) is 44.7. The molecule has 3 fully saturated rings. The third-order valence-corrected chi connectivity index (χ3v) is 13.6. The van der Waals surface area contributed by atoms with E-state index in [9.17, 15) is 27.2 Å². The van der Waals surface area contributed by atoms with Crippen LogP contribution in [0.2, 0.25) is 5.02 Å². The van der Waals surface area contributed by atoms with Crippen molar-refractivity contribution in [1.29, 1.82) is 0 Å². The molecule has 10 nitrogen and oxygen atoms in total. The summed E-state index contributed by atoms with van der Waals surface area (Å²) in [5.74, 6) is -1.54. The predicted molar refractivity (Wildman–Crippen MR) is 196 cm³/mol. The number of anilines is 1. The zero-order valence-corrected chi connectivity index (χ0v) is 30.7. The minimum absolute atomic E-state index is 0.0937. The van der Waals surface area contributed by atoms with Crippen LogP contribution in [0.25, 0.3) is 0 Å². The highest BCUT2D eigenvalue weighted by atomic mass is 35.5. The van der Waals surface area contributed by atoms with Gasteiger partial charge in [-0.25, -0.2) is 12.8 Å². The zero-order chi connectivity index (χ0) is 37.1. The van der Waals surface area contributed by atoms with Gasteiger partial charge >= 0.3 is 0 Å². The smallest absolute Gasteiger partial charge is 0.259 e. The van der Waals surface area contributed by atoms with E-state index >= 15 is 0 Å². The van der Waals surface area contributed by atoms with E-state index in [1.165, 1.54) is 18.2 Å². The summed E-state index contributed by atoms with van der Waals surface area (Å²) in [5.41, 5.74) is -0.898. The Morgan fingerprint density at radius 1 is 1.06 bits per heavy atom. The normalized spacial score (nSPS) is 27.7. The molecule has 7 rings (SSSR count). The monoisotopic (exact) mass is 748 g/mol. The van der Waals surface area contributed by atoms with E-state index in [4.69, 9.17) is 16.3 Å². The van der Waals surface area contributed by atoms with Crippen molar-refractivity contribution in [2.24, 2.45) is 11.3 Å². The number of fused-ring (bicyclic) bond motifs is 1. The average Bonchev–Trinajstić information content (AvgIpc) is 3.96. The highest BCUT2D eigenvalue weighted by Crippen LogP contribution is 2.61. The molecule has 3 aliphatic carbocycles. The maximum Gasteiger partial charge on any atom is 0.259 e. The molecule has 274 valence electrons. The first-order valence-corrected chi connectivity index (χ1v) is 19.6. The van der Waals surface area contributed by atoms with Crippen LogP contribution in [-0.4, -0.2) is 53.4 Å². The lowest BCUT2D eigenvalue weighted by molar-refractivity contribution is -0.144. The van der Waals surface area contributed by atoms with Gasteiger partial charge in [-0.3, -0.25) is 19.1 Å². The van der Waals surface area contributed by atoms with Crippen molar-refractivity contribution in [3.8, 4) is 11.5 Å². The Morgan fingerprint density at radius 2 is 1.79 bits per heavy atom. The largest absolute Gasteiger partial charge is 0.457 e. The molecule has 0 aromatic heterocycles. The van der Waals surface area contributed by atoms with Gasteiger partial charge in [0.05, 0.1) is 5.25 Å². The SMILES string of the molecule is C=CC1CC1(NC(=O)C1Cc2cc(Oc3cccc(Cl)c3)ccc2CN1C(=O)C1(Nc2ccc(F)cc2)CC1(C)CC)C(=O)NS(=O)(=O)C1CCC1. The number of benzene rings is 3. The second-order valence-corrected chi connectivity index (χ2v) is 17.2. The fourth-order valence-electron chi connectivity index (χ4n) is 7.63. The minimum Gasteiger partial charge on any atom is -0.457 e. The summed E-state index contributed by atoms with van der Waals surface area (Å²) in [6.07, 6.45) is 4.67. The Morgan fingerprint density at radius 3 is 2.40 bits per heavy atom. The van der Waals surface area contributed by atoms with Gasteiger partial charge in [0.15, 0.2) is 0 Å². The lowest BCUT2D eigenvalue weighted by Gasteiger charge is -2.40. The number of carbonyl (C=O) groups is 3. The number of carbonyl (C=O) groups excluding carboxylic acids is 3. The lowest BCUT2D eigenvalue weighted by Crippen LogP contribution is -2.61. The number of halogens is 2. The molecule has 3 saturated carbocycles. The van der Waals surface area contributed by atoms with E-state index in [0.717, 1.165) is 17.5 Å². The molecule has 4 aliphatic rings. The van der Waals surface area contributed by atoms with Crippen LogP contribution in [0, 0.1) is 17.2 Å². The van der Waals surface area contributed by atoms with Crippen molar-refractivity contribution in [2.75, 3.05) is 5.32 Å². The van der Waals surface area contributed by atoms with Crippen LogP contribution in [0.3, 0.4) is 0 Å². The number of sulfonamides is 1. The highest BCUT2D eigenvalue weighted by molar-refractivity contribution is 7.90. The number of hydrogen-bond donors (Lipinski definition) is 3. The molecule has 0 saturated heterocycles. The summed E-state index contributed by atoms with van der Waals surface area (Å²) in [7, 11) is -3.92. The summed E-state index contributed by atoms with van der Waals surface area (Å²) >= 11 is 6.17. The first-order valence-electron chi connectivity index (χ1n) is 17.6. The van der Waals surface area contributed by atoms with Crippen molar-refractivity contribution >= 4 is 45.0 Å². The molecule has 52 heavy (non-hydrogen) atoms. The van der Waals surface area contributed by atoms with E-state index in [2.05, 4.69) is 21.9 Å². The van der Waals surface area contributed by atoms with Gasteiger partial charge in [0.2, 0.25) is 21.8 Å². The molecule has 0 bridgehead atoms. The van der Waals surface area contributed by atoms with Crippen molar-refractivity contribution in [1.82, 2.24) is 14.9 Å². The number of nitrogens with zero attached hydrogens (tertiary/aromatic N) is 1. The topological polar surface area (TPSA) is 134 Å². The molecule has 3 aromatic rings. The van der Waals surface area contributed by atoms with E-state index in [1.807, 2.05) is 26.0 Å². The summed E-state index contributed by atoms with van der Waals surface area (Å²) < 4.78 is 48.0. The summed E-state index contributed by atoms with van der Waals surface area (Å²) in [6, 6.07) is 17.2. The van der Waals surface area contributed by atoms with Crippen LogP contribution in [0.1, 0.15) is 63.5 Å². The molecule has 13 heteroatoms. The lowest BCUT2D eigenvalue weighted by atomic mass is 9.90. The summed E-state index contributed by atoms with van der Waals surface area (Å²) in [5, 5.41) is 6.15. The molecular formula is C39H42ClFN4O6S. The molecule has 5 atom stereocenters. The van der Waals surface area contributed by atoms with Gasteiger partial charge in [-0.2, -0.15) is 0 Å². The number of nitrogens with one attached hydrogen (secondary N) is 3. The zero-order valence-electron chi connectivity index (χ0n) is 29.1. The standard InChI is InChI=1S/C39H42ClFN4O6S/c1-4-26-21-38(26,35(47)44-52(49,50)32-10-7-11-32)43-34(46)33-19-25-18-31(51-30-9-6-8-27(40)20-30)17-12-24(25)22-45(33)36(48)39(23-37(39,3)5-2)42-29-15-13-28(41)14-16-29/h4,6,8-9,12-18,20,26,32-33,42H,1,5,7,10-11,19,21-23H2,2-3H3,(H,43,46)(H,44,47). The fourth-order valence-corrected chi connectivity index (χ4v) is 9.37. The Balaban J connectivity index is 1.21. The fraction of sp³-hybridized carbons (Fsp3) is 0.410. The van der Waals surface area contributed by atoms with Crippen molar-refractivity contribution in [3.05, 3.63) is 101 Å². The van der Waals surface area contributed by atoms with E-state index < -0.39 is 61.4 Å². The van der Waals surface area contributed by atoms with Crippen molar-refractivity contribution in [3.63, 3.8) is 0 Å². The summed E-state index contributed by atoms with van der Waals surface area (Å²) in [6.45, 7) is 7.92. The number of rotatable bonds is 12. The van der Waals surface area contributed by atoms with Crippen LogP contribution in [0.4, 0.5) is 10.1 Å². The quantitative estimate of drug-likeness (QED) is 0.187. The maximum absolute atomic E-state index is 14.9. The van der Waals surface area contributed by atoms with E-state index in [-0.39, 0.29) is 25.3 Å². The maximum atomic E-state index is 14.9. The van der Waals surface area contributed by atoms with Crippen LogP contribution >= 0.6 is 11.6 Å².